The Bertz CT molecular complexity index is 545. The molecule has 1 saturated carbocycles. The fourth-order valence-electron chi connectivity index (χ4n) is 3.25. The van der Waals surface area contributed by atoms with Gasteiger partial charge in [-0.1, -0.05) is 33.6 Å². The molecule has 2 atom stereocenters. The van der Waals surface area contributed by atoms with E-state index in [9.17, 15) is 9.59 Å². The average molecular weight is 291 g/mol. The van der Waals surface area contributed by atoms with Gasteiger partial charge in [0.1, 0.15) is 6.54 Å². The van der Waals surface area contributed by atoms with Gasteiger partial charge in [0.05, 0.1) is 0 Å². The number of aromatic nitrogens is 2. The zero-order valence-corrected chi connectivity index (χ0v) is 13.1. The Morgan fingerprint density at radius 2 is 2.10 bits per heavy atom. The number of nitrogens with one attached hydrogen (secondary N) is 1. The molecule has 1 aromatic rings. The van der Waals surface area contributed by atoms with Crippen LogP contribution in [0.25, 0.3) is 0 Å². The predicted octanol–water partition coefficient (Wildman–Crippen LogP) is 1.96. The van der Waals surface area contributed by atoms with Crippen molar-refractivity contribution in [3.05, 3.63) is 28.9 Å². The summed E-state index contributed by atoms with van der Waals surface area (Å²) in [5.41, 5.74) is -0.201. The number of nitrogens with zero attached hydrogens (tertiary/aromatic N) is 2. The highest BCUT2D eigenvalue weighted by molar-refractivity contribution is 5.76. The topological polar surface area (TPSA) is 64.0 Å². The highest BCUT2D eigenvalue weighted by Crippen LogP contribution is 2.37. The first kappa shape index (κ1) is 15.7. The highest BCUT2D eigenvalue weighted by Gasteiger charge is 2.34. The van der Waals surface area contributed by atoms with Crippen LogP contribution in [0.1, 0.15) is 46.5 Å². The van der Waals surface area contributed by atoms with Crippen molar-refractivity contribution < 1.29 is 4.79 Å². The lowest BCUT2D eigenvalue weighted by atomic mass is 9.69. The number of carbonyl (C=O) groups is 1. The smallest absolute Gasteiger partial charge is 0.347 e. The Labute approximate surface area is 125 Å². The lowest BCUT2D eigenvalue weighted by Gasteiger charge is -2.40. The van der Waals surface area contributed by atoms with Crippen LogP contribution in [-0.4, -0.2) is 21.5 Å². The highest BCUT2D eigenvalue weighted by atomic mass is 16.2. The Morgan fingerprint density at radius 3 is 2.76 bits per heavy atom. The van der Waals surface area contributed by atoms with Crippen molar-refractivity contribution in [3.63, 3.8) is 0 Å². The first-order valence-electron chi connectivity index (χ1n) is 7.69. The minimum atomic E-state index is -0.385. The van der Waals surface area contributed by atoms with E-state index in [1.165, 1.54) is 17.2 Å². The zero-order valence-electron chi connectivity index (χ0n) is 13.1. The molecule has 21 heavy (non-hydrogen) atoms. The van der Waals surface area contributed by atoms with Crippen molar-refractivity contribution in [1.82, 2.24) is 14.9 Å². The molecular weight excluding hydrogens is 266 g/mol. The van der Waals surface area contributed by atoms with Gasteiger partial charge >= 0.3 is 5.69 Å². The monoisotopic (exact) mass is 291 g/mol. The van der Waals surface area contributed by atoms with Gasteiger partial charge in [0.25, 0.3) is 0 Å². The molecule has 2 unspecified atom stereocenters. The maximum atomic E-state index is 12.2. The number of amides is 1. The lowest BCUT2D eigenvalue weighted by molar-refractivity contribution is -0.123. The van der Waals surface area contributed by atoms with E-state index in [0.717, 1.165) is 19.3 Å². The molecule has 2 rings (SSSR count). The van der Waals surface area contributed by atoms with Crippen LogP contribution in [0, 0.1) is 11.3 Å². The van der Waals surface area contributed by atoms with Crippen LogP contribution < -0.4 is 11.0 Å². The average Bonchev–Trinajstić information content (AvgIpc) is 2.41. The maximum Gasteiger partial charge on any atom is 0.347 e. The zero-order chi connectivity index (χ0) is 15.5. The van der Waals surface area contributed by atoms with E-state index in [1.54, 1.807) is 12.3 Å². The number of rotatable bonds is 3. The molecule has 1 aliphatic carbocycles. The Morgan fingerprint density at radius 1 is 1.38 bits per heavy atom. The lowest BCUT2D eigenvalue weighted by Crippen LogP contribution is -2.48. The van der Waals surface area contributed by atoms with E-state index >= 15 is 0 Å². The largest absolute Gasteiger partial charge is 0.352 e. The summed E-state index contributed by atoms with van der Waals surface area (Å²) >= 11 is 0. The third-order valence-electron chi connectivity index (χ3n) is 4.32. The van der Waals surface area contributed by atoms with Gasteiger partial charge in [-0.3, -0.25) is 9.36 Å². The third kappa shape index (κ3) is 4.16. The molecule has 1 aromatic heterocycles. The van der Waals surface area contributed by atoms with E-state index in [2.05, 4.69) is 31.1 Å². The van der Waals surface area contributed by atoms with E-state index in [-0.39, 0.29) is 29.6 Å². The van der Waals surface area contributed by atoms with Crippen LogP contribution in [0.2, 0.25) is 0 Å². The van der Waals surface area contributed by atoms with Crippen molar-refractivity contribution in [2.45, 2.75) is 59.0 Å². The Balaban J connectivity index is 2.01. The fraction of sp³-hybridized carbons (Fsp3) is 0.688. The van der Waals surface area contributed by atoms with Gasteiger partial charge in [-0.15, -0.1) is 0 Å². The number of hydrogen-bond acceptors (Lipinski definition) is 3. The second-order valence-electron chi connectivity index (χ2n) is 6.96. The molecule has 5 nitrogen and oxygen atoms in total. The molecule has 1 aliphatic rings. The molecule has 116 valence electrons. The summed E-state index contributed by atoms with van der Waals surface area (Å²) in [6, 6.07) is 1.87. The summed E-state index contributed by atoms with van der Waals surface area (Å²) in [7, 11) is 0. The molecule has 5 heteroatoms. The van der Waals surface area contributed by atoms with Gasteiger partial charge < -0.3 is 5.32 Å². The molecule has 0 aromatic carbocycles. The Kier molecular flexibility index (Phi) is 4.80. The van der Waals surface area contributed by atoms with Crippen LogP contribution >= 0.6 is 0 Å². The summed E-state index contributed by atoms with van der Waals surface area (Å²) in [6.07, 6.45) is 7.60. The molecule has 1 amide bonds. The summed E-state index contributed by atoms with van der Waals surface area (Å²) in [6.45, 7) is 6.73. The second-order valence-corrected chi connectivity index (χ2v) is 6.96. The van der Waals surface area contributed by atoms with E-state index in [4.69, 9.17) is 0 Å². The van der Waals surface area contributed by atoms with Gasteiger partial charge in [0.2, 0.25) is 5.91 Å². The first-order chi connectivity index (χ1) is 9.88. The van der Waals surface area contributed by atoms with Gasteiger partial charge in [-0.2, -0.15) is 0 Å². The quantitative estimate of drug-likeness (QED) is 0.926. The minimum Gasteiger partial charge on any atom is -0.352 e. The van der Waals surface area contributed by atoms with E-state index in [0.29, 0.717) is 5.92 Å². The van der Waals surface area contributed by atoms with Crippen molar-refractivity contribution in [3.8, 4) is 0 Å². The Hall–Kier alpha value is -1.65. The minimum absolute atomic E-state index is 0.0417. The van der Waals surface area contributed by atoms with Crippen molar-refractivity contribution in [2.75, 3.05) is 0 Å². The van der Waals surface area contributed by atoms with Gasteiger partial charge in [0.15, 0.2) is 0 Å². The maximum absolute atomic E-state index is 12.2. The van der Waals surface area contributed by atoms with Crippen LogP contribution in [-0.2, 0) is 11.3 Å². The molecule has 1 N–H and O–H groups in total. The molecule has 0 bridgehead atoms. The van der Waals surface area contributed by atoms with Crippen LogP contribution in [0.3, 0.4) is 0 Å². The van der Waals surface area contributed by atoms with Crippen molar-refractivity contribution >= 4 is 5.91 Å². The second kappa shape index (κ2) is 6.41. The molecule has 0 radical (unpaired) electrons. The molecule has 0 aliphatic heterocycles. The predicted molar refractivity (Wildman–Crippen MR) is 81.8 cm³/mol. The molecular formula is C16H25N3O2. The number of hydrogen-bond donors (Lipinski definition) is 1. The normalized spacial score (nSPS) is 22.8. The molecule has 0 saturated heterocycles. The molecule has 1 heterocycles. The summed E-state index contributed by atoms with van der Waals surface area (Å²) in [4.78, 5) is 27.4. The van der Waals surface area contributed by atoms with Crippen LogP contribution in [0.5, 0.6) is 0 Å². The first-order valence-corrected chi connectivity index (χ1v) is 7.69. The standard InChI is InChI=1S/C16H25N3O2/c1-16(2,3)12-7-4-5-8-13(12)18-14(20)11-19-10-6-9-17-15(19)21/h6,9-10,12-13H,4-5,7-8,11H2,1-3H3,(H,18,20). The molecule has 1 fully saturated rings. The van der Waals surface area contributed by atoms with E-state index < -0.39 is 0 Å². The van der Waals surface area contributed by atoms with E-state index in [1.807, 2.05) is 0 Å². The third-order valence-corrected chi connectivity index (χ3v) is 4.32. The van der Waals surface area contributed by atoms with Crippen LogP contribution in [0.15, 0.2) is 23.3 Å². The fourth-order valence-corrected chi connectivity index (χ4v) is 3.25. The summed E-state index contributed by atoms with van der Waals surface area (Å²) in [5, 5.41) is 3.12. The summed E-state index contributed by atoms with van der Waals surface area (Å²) in [5.74, 6) is 0.382. The van der Waals surface area contributed by atoms with Gasteiger partial charge in [-0.25, -0.2) is 9.78 Å². The SMILES string of the molecule is CC(C)(C)C1CCCCC1NC(=O)Cn1cccnc1=O. The van der Waals surface area contributed by atoms with Crippen molar-refractivity contribution in [2.24, 2.45) is 11.3 Å². The van der Waals surface area contributed by atoms with Crippen molar-refractivity contribution in [1.29, 1.82) is 0 Å². The van der Waals surface area contributed by atoms with Gasteiger partial charge in [0, 0.05) is 18.4 Å². The summed E-state index contributed by atoms with van der Waals surface area (Å²) < 4.78 is 1.34. The van der Waals surface area contributed by atoms with Crippen LogP contribution in [0.4, 0.5) is 0 Å². The molecule has 0 spiro atoms. The van der Waals surface area contributed by atoms with Gasteiger partial charge in [-0.05, 0) is 30.2 Å². The number of carbonyl (C=O) groups excluding carboxylic acids is 1.